The van der Waals surface area contributed by atoms with Gasteiger partial charge in [-0.15, -0.1) is 0 Å². The second-order valence-corrected chi connectivity index (χ2v) is 9.31. The van der Waals surface area contributed by atoms with Crippen LogP contribution < -0.4 is 4.74 Å². The third-order valence-corrected chi connectivity index (χ3v) is 6.40. The van der Waals surface area contributed by atoms with Crippen molar-refractivity contribution in [1.29, 1.82) is 0 Å². The Hall–Kier alpha value is -1.63. The first-order valence-electron chi connectivity index (χ1n) is 12.6. The minimum absolute atomic E-state index is 0.200. The summed E-state index contributed by atoms with van der Waals surface area (Å²) in [6.45, 7) is 8.86. The number of nitrogens with zero attached hydrogens (tertiary/aromatic N) is 1. The molecule has 0 saturated carbocycles. The van der Waals surface area contributed by atoms with Gasteiger partial charge in [0.25, 0.3) is 0 Å². The Bertz CT molecular complexity index is 660. The molecule has 2 rings (SSSR count). The molecule has 1 saturated heterocycles. The number of rotatable bonds is 13. The van der Waals surface area contributed by atoms with Gasteiger partial charge >= 0.3 is 0 Å². The standard InChI is InChI=1S/C23H37NO3.C4H10O2/c1-5-19-14-18(9-12-22(19)27-4)15-20(17(2)3)10-11-21(25)16-24-13-7-6-8-23(24)26;1-6-4-2-3-5/h9,12,14,17,20-21,25H,5-8,10-11,13,15-16H2,1-4H3;5H,2-4H2,1H3. The molecule has 1 aromatic rings. The molecule has 0 aliphatic carbocycles. The smallest absolute Gasteiger partial charge is 0.222 e. The van der Waals surface area contributed by atoms with Gasteiger partial charge in [0.15, 0.2) is 0 Å². The van der Waals surface area contributed by atoms with Crippen LogP contribution in [0.2, 0.25) is 0 Å². The molecule has 1 amide bonds. The Morgan fingerprint density at radius 2 is 1.91 bits per heavy atom. The second kappa shape index (κ2) is 16.9. The van der Waals surface area contributed by atoms with E-state index in [0.717, 1.165) is 57.2 Å². The molecule has 1 aromatic carbocycles. The van der Waals surface area contributed by atoms with E-state index in [1.165, 1.54) is 11.1 Å². The molecular formula is C27H47NO5. The average molecular weight is 466 g/mol. The fourth-order valence-electron chi connectivity index (χ4n) is 4.22. The van der Waals surface area contributed by atoms with Crippen molar-refractivity contribution in [3.05, 3.63) is 29.3 Å². The summed E-state index contributed by atoms with van der Waals surface area (Å²) in [6, 6.07) is 6.50. The molecular weight excluding hydrogens is 418 g/mol. The molecule has 1 fully saturated rings. The lowest BCUT2D eigenvalue weighted by Gasteiger charge is -2.29. The van der Waals surface area contributed by atoms with Crippen molar-refractivity contribution in [1.82, 2.24) is 4.90 Å². The van der Waals surface area contributed by atoms with Crippen LogP contribution >= 0.6 is 0 Å². The zero-order valence-electron chi connectivity index (χ0n) is 21.5. The summed E-state index contributed by atoms with van der Waals surface area (Å²) in [4.78, 5) is 13.8. The van der Waals surface area contributed by atoms with Crippen molar-refractivity contribution >= 4 is 5.91 Å². The third kappa shape index (κ3) is 11.4. The number of carbonyl (C=O) groups excluding carboxylic acids is 1. The van der Waals surface area contributed by atoms with E-state index in [9.17, 15) is 9.90 Å². The predicted molar refractivity (Wildman–Crippen MR) is 134 cm³/mol. The number of hydrogen-bond acceptors (Lipinski definition) is 5. The number of aliphatic hydroxyl groups excluding tert-OH is 2. The quantitative estimate of drug-likeness (QED) is 0.426. The molecule has 1 aliphatic heterocycles. The van der Waals surface area contributed by atoms with Crippen LogP contribution in [-0.4, -0.2) is 67.6 Å². The van der Waals surface area contributed by atoms with E-state index in [-0.39, 0.29) is 12.5 Å². The number of amides is 1. The highest BCUT2D eigenvalue weighted by molar-refractivity contribution is 5.76. The maximum absolute atomic E-state index is 11.9. The van der Waals surface area contributed by atoms with Gasteiger partial charge in [0.2, 0.25) is 5.91 Å². The summed E-state index contributed by atoms with van der Waals surface area (Å²) in [7, 11) is 3.34. The lowest BCUT2D eigenvalue weighted by atomic mass is 9.84. The van der Waals surface area contributed by atoms with Gasteiger partial charge in [0.05, 0.1) is 13.2 Å². The number of ether oxygens (including phenoxy) is 2. The van der Waals surface area contributed by atoms with Crippen molar-refractivity contribution in [3.63, 3.8) is 0 Å². The van der Waals surface area contributed by atoms with Gasteiger partial charge in [-0.1, -0.05) is 32.9 Å². The lowest BCUT2D eigenvalue weighted by Crippen LogP contribution is -2.40. The number of aliphatic hydroxyl groups is 2. The first kappa shape index (κ1) is 29.4. The van der Waals surface area contributed by atoms with Crippen molar-refractivity contribution in [2.45, 2.75) is 78.2 Å². The van der Waals surface area contributed by atoms with E-state index >= 15 is 0 Å². The Kier molecular flexibility index (Phi) is 15.1. The third-order valence-electron chi connectivity index (χ3n) is 6.40. The minimum atomic E-state index is -0.421. The Labute approximate surface area is 201 Å². The number of carbonyl (C=O) groups is 1. The number of hydrogen-bond donors (Lipinski definition) is 2. The van der Waals surface area contributed by atoms with Crippen molar-refractivity contribution in [2.24, 2.45) is 11.8 Å². The molecule has 190 valence electrons. The molecule has 2 unspecified atom stereocenters. The molecule has 6 nitrogen and oxygen atoms in total. The summed E-state index contributed by atoms with van der Waals surface area (Å²) in [5.41, 5.74) is 2.59. The van der Waals surface area contributed by atoms with Crippen LogP contribution in [0, 0.1) is 11.8 Å². The highest BCUT2D eigenvalue weighted by Gasteiger charge is 2.22. The molecule has 0 aromatic heterocycles. The zero-order valence-corrected chi connectivity index (χ0v) is 21.5. The second-order valence-electron chi connectivity index (χ2n) is 9.31. The topological polar surface area (TPSA) is 79.2 Å². The van der Waals surface area contributed by atoms with E-state index in [2.05, 4.69) is 43.7 Å². The van der Waals surface area contributed by atoms with Crippen molar-refractivity contribution < 1.29 is 24.5 Å². The van der Waals surface area contributed by atoms with Crippen LogP contribution in [0.5, 0.6) is 5.75 Å². The number of β-amino-alcohol motifs (C(OH)–C–C–N with tert-alkyl or cyclic N) is 1. The van der Waals surface area contributed by atoms with Gasteiger partial charge in [0.1, 0.15) is 5.75 Å². The molecule has 0 spiro atoms. The zero-order chi connectivity index (χ0) is 24.6. The SMILES string of the molecule is CCc1cc(CC(CCC(O)CN2CCCCC2=O)C(C)C)ccc1OC.COCCCO. The molecule has 6 heteroatoms. The molecule has 0 radical (unpaired) electrons. The van der Waals surface area contributed by atoms with Gasteiger partial charge in [0, 0.05) is 39.8 Å². The molecule has 2 atom stereocenters. The van der Waals surface area contributed by atoms with Gasteiger partial charge in [-0.25, -0.2) is 0 Å². The van der Waals surface area contributed by atoms with Gasteiger partial charge in [-0.2, -0.15) is 0 Å². The number of aryl methyl sites for hydroxylation is 1. The summed E-state index contributed by atoms with van der Waals surface area (Å²) < 4.78 is 10.1. The normalized spacial score (nSPS) is 15.8. The van der Waals surface area contributed by atoms with Crippen molar-refractivity contribution in [3.8, 4) is 5.75 Å². The number of piperidine rings is 1. The molecule has 1 aliphatic rings. The monoisotopic (exact) mass is 465 g/mol. The number of benzene rings is 1. The fourth-order valence-corrected chi connectivity index (χ4v) is 4.22. The average Bonchev–Trinajstić information content (AvgIpc) is 2.81. The Morgan fingerprint density at radius 3 is 2.45 bits per heavy atom. The van der Waals surface area contributed by atoms with E-state index in [4.69, 9.17) is 9.84 Å². The Balaban J connectivity index is 0.000000801. The fraction of sp³-hybridized carbons (Fsp3) is 0.741. The summed E-state index contributed by atoms with van der Waals surface area (Å²) in [5.74, 6) is 2.24. The molecule has 1 heterocycles. The van der Waals surface area contributed by atoms with E-state index < -0.39 is 6.10 Å². The van der Waals surface area contributed by atoms with Crippen LogP contribution in [0.25, 0.3) is 0 Å². The van der Waals surface area contributed by atoms with Crippen molar-refractivity contribution in [2.75, 3.05) is 40.5 Å². The largest absolute Gasteiger partial charge is 0.496 e. The van der Waals surface area contributed by atoms with Crippen LogP contribution in [0.1, 0.15) is 70.4 Å². The predicted octanol–water partition coefficient (Wildman–Crippen LogP) is 4.24. The van der Waals surface area contributed by atoms with Crippen LogP contribution in [-0.2, 0) is 22.4 Å². The molecule has 33 heavy (non-hydrogen) atoms. The number of methoxy groups -OCH3 is 2. The minimum Gasteiger partial charge on any atom is -0.496 e. The van der Waals surface area contributed by atoms with E-state index in [0.29, 0.717) is 31.4 Å². The summed E-state index contributed by atoms with van der Waals surface area (Å²) in [5, 5.41) is 18.6. The first-order valence-corrected chi connectivity index (χ1v) is 12.6. The maximum Gasteiger partial charge on any atom is 0.222 e. The van der Waals surface area contributed by atoms with Crippen LogP contribution in [0.3, 0.4) is 0 Å². The molecule has 2 N–H and O–H groups in total. The van der Waals surface area contributed by atoms with Gasteiger partial charge in [-0.05, 0) is 74.0 Å². The number of likely N-dealkylation sites (tertiary alicyclic amines) is 1. The maximum atomic E-state index is 11.9. The highest BCUT2D eigenvalue weighted by Crippen LogP contribution is 2.27. The molecule has 0 bridgehead atoms. The van der Waals surface area contributed by atoms with Gasteiger partial charge in [-0.3, -0.25) is 4.79 Å². The van der Waals surface area contributed by atoms with Gasteiger partial charge < -0.3 is 24.6 Å². The van der Waals surface area contributed by atoms with E-state index in [1.807, 2.05) is 4.90 Å². The van der Waals surface area contributed by atoms with Crippen LogP contribution in [0.4, 0.5) is 0 Å². The summed E-state index contributed by atoms with van der Waals surface area (Å²) in [6.07, 6.45) is 6.73. The van der Waals surface area contributed by atoms with E-state index in [1.54, 1.807) is 14.2 Å². The first-order chi connectivity index (χ1) is 15.9. The Morgan fingerprint density at radius 1 is 1.15 bits per heavy atom. The summed E-state index contributed by atoms with van der Waals surface area (Å²) >= 11 is 0. The lowest BCUT2D eigenvalue weighted by molar-refractivity contribution is -0.134. The highest BCUT2D eigenvalue weighted by atomic mass is 16.5. The van der Waals surface area contributed by atoms with Crippen LogP contribution in [0.15, 0.2) is 18.2 Å².